The van der Waals surface area contributed by atoms with Crippen LogP contribution >= 0.6 is 0 Å². The third kappa shape index (κ3) is 5.81. The third-order valence-corrected chi connectivity index (χ3v) is 10.7. The molecule has 0 atom stereocenters. The van der Waals surface area contributed by atoms with Crippen molar-refractivity contribution in [3.63, 3.8) is 0 Å². The second kappa shape index (κ2) is 14.4. The fourth-order valence-electron chi connectivity index (χ4n) is 8.12. The van der Waals surface area contributed by atoms with Crippen LogP contribution in [0, 0.1) is 22.7 Å². The van der Waals surface area contributed by atoms with E-state index in [1.54, 1.807) is 0 Å². The van der Waals surface area contributed by atoms with E-state index in [0.29, 0.717) is 11.4 Å². The molecular formula is C52H32N6. The molecule has 8 aromatic carbocycles. The lowest BCUT2D eigenvalue weighted by Crippen LogP contribution is -2.09. The maximum atomic E-state index is 9.88. The molecule has 0 saturated carbocycles. The summed E-state index contributed by atoms with van der Waals surface area (Å²) in [6, 6.07) is 71.6. The van der Waals surface area contributed by atoms with E-state index in [-0.39, 0.29) is 11.4 Å². The minimum Gasteiger partial charge on any atom is -0.311 e. The van der Waals surface area contributed by atoms with Gasteiger partial charge in [-0.15, -0.1) is 0 Å². The SMILES string of the molecule is N#Cc1nc2c(nc1C#N)-c1ccc(-c3ccc(N(c4ccccc4)c4ccccc4)cc3)c3c(-c4ccc(N(c5ccccc5)c5ccccc5)cc4)ccc-2c13. The minimum atomic E-state index is 0.0282. The molecule has 6 heteroatoms. The number of hydrogen-bond donors (Lipinski definition) is 0. The summed E-state index contributed by atoms with van der Waals surface area (Å²) in [4.78, 5) is 13.9. The molecule has 0 N–H and O–H groups in total. The van der Waals surface area contributed by atoms with Crippen molar-refractivity contribution in [1.82, 2.24) is 9.97 Å². The van der Waals surface area contributed by atoms with Crippen molar-refractivity contribution in [3.8, 4) is 56.9 Å². The number of para-hydroxylation sites is 4. The Bertz CT molecular complexity index is 2760. The number of fused-ring (bicyclic) bond motifs is 3. The Balaban J connectivity index is 1.14. The molecule has 1 aliphatic rings. The van der Waals surface area contributed by atoms with Crippen LogP contribution in [0.4, 0.5) is 34.1 Å². The molecule has 6 nitrogen and oxygen atoms in total. The summed E-state index contributed by atoms with van der Waals surface area (Å²) in [6.07, 6.45) is 0. The number of hydrogen-bond acceptors (Lipinski definition) is 6. The normalized spacial score (nSPS) is 11.1. The molecule has 270 valence electrons. The Morgan fingerprint density at radius 3 is 0.897 bits per heavy atom. The lowest BCUT2D eigenvalue weighted by Gasteiger charge is -2.26. The molecular weight excluding hydrogens is 709 g/mol. The van der Waals surface area contributed by atoms with E-state index in [9.17, 15) is 10.5 Å². The molecule has 1 heterocycles. The van der Waals surface area contributed by atoms with Gasteiger partial charge in [0.25, 0.3) is 0 Å². The second-order valence-corrected chi connectivity index (χ2v) is 14.0. The average molecular weight is 741 g/mol. The van der Waals surface area contributed by atoms with Crippen molar-refractivity contribution in [2.75, 3.05) is 9.80 Å². The Kier molecular flexibility index (Phi) is 8.49. The van der Waals surface area contributed by atoms with Gasteiger partial charge in [0.15, 0.2) is 11.4 Å². The number of anilines is 6. The van der Waals surface area contributed by atoms with Crippen molar-refractivity contribution < 1.29 is 0 Å². The van der Waals surface area contributed by atoms with Crippen LogP contribution in [0.2, 0.25) is 0 Å². The number of aromatic nitrogens is 2. The highest BCUT2D eigenvalue weighted by molar-refractivity contribution is 6.21. The van der Waals surface area contributed by atoms with E-state index in [1.165, 1.54) is 0 Å². The molecule has 58 heavy (non-hydrogen) atoms. The van der Waals surface area contributed by atoms with Crippen LogP contribution in [0.1, 0.15) is 11.4 Å². The van der Waals surface area contributed by atoms with Crippen LogP contribution in [-0.2, 0) is 0 Å². The summed E-state index contributed by atoms with van der Waals surface area (Å²) < 4.78 is 0. The van der Waals surface area contributed by atoms with Gasteiger partial charge in [0, 0.05) is 50.6 Å². The molecule has 1 aromatic heterocycles. The molecule has 10 rings (SSSR count). The highest BCUT2D eigenvalue weighted by atomic mass is 15.1. The van der Waals surface area contributed by atoms with Crippen molar-refractivity contribution >= 4 is 44.9 Å². The fourth-order valence-corrected chi connectivity index (χ4v) is 8.12. The summed E-state index contributed by atoms with van der Waals surface area (Å²) in [5.74, 6) is 0. The van der Waals surface area contributed by atoms with Crippen molar-refractivity contribution in [2.24, 2.45) is 0 Å². The topological polar surface area (TPSA) is 79.8 Å². The minimum absolute atomic E-state index is 0.0282. The van der Waals surface area contributed by atoms with Crippen molar-refractivity contribution in [2.45, 2.75) is 0 Å². The van der Waals surface area contributed by atoms with E-state index >= 15 is 0 Å². The van der Waals surface area contributed by atoms with Gasteiger partial charge in [-0.3, -0.25) is 0 Å². The molecule has 9 aromatic rings. The summed E-state index contributed by atoms with van der Waals surface area (Å²) in [6.45, 7) is 0. The molecule has 0 radical (unpaired) electrons. The first-order valence-corrected chi connectivity index (χ1v) is 19.0. The molecule has 0 aliphatic heterocycles. The van der Waals surface area contributed by atoms with Gasteiger partial charge in [-0.05, 0) is 100 Å². The number of benzene rings is 8. The van der Waals surface area contributed by atoms with Gasteiger partial charge in [0.05, 0.1) is 11.4 Å². The fraction of sp³-hybridized carbons (Fsp3) is 0. The van der Waals surface area contributed by atoms with Gasteiger partial charge in [-0.25, -0.2) is 9.97 Å². The van der Waals surface area contributed by atoms with E-state index < -0.39 is 0 Å². The highest BCUT2D eigenvalue weighted by Crippen LogP contribution is 2.51. The highest BCUT2D eigenvalue weighted by Gasteiger charge is 2.29. The maximum absolute atomic E-state index is 9.88. The van der Waals surface area contributed by atoms with Gasteiger partial charge in [-0.1, -0.05) is 121 Å². The van der Waals surface area contributed by atoms with E-state index in [4.69, 9.17) is 9.97 Å². The standard InChI is InChI=1S/C52H32N6/c53-33-47-48(34-54)56-52-46-32-30-44(36-23-27-42(28-24-36)58(39-17-9-3-10-18-39)40-19-11-4-12-20-40)49-43(29-31-45(50(46)49)51(52)55-47)35-21-25-41(26-22-35)57(37-13-5-1-6-14-37)38-15-7-2-8-16-38/h1-32H. The van der Waals surface area contributed by atoms with Gasteiger partial charge >= 0.3 is 0 Å². The predicted octanol–water partition coefficient (Wildman–Crippen LogP) is 13.3. The van der Waals surface area contributed by atoms with Gasteiger partial charge in [0.2, 0.25) is 0 Å². The molecule has 1 aliphatic carbocycles. The Hall–Kier alpha value is -8.32. The number of nitrogens with zero attached hydrogens (tertiary/aromatic N) is 6. The smallest absolute Gasteiger partial charge is 0.177 e. The van der Waals surface area contributed by atoms with Crippen molar-refractivity contribution in [3.05, 3.63) is 206 Å². The lowest BCUT2D eigenvalue weighted by atomic mass is 9.88. The summed E-state index contributed by atoms with van der Waals surface area (Å²) in [5, 5.41) is 21.8. The van der Waals surface area contributed by atoms with E-state index in [0.717, 1.165) is 78.3 Å². The van der Waals surface area contributed by atoms with Gasteiger partial charge < -0.3 is 9.80 Å². The van der Waals surface area contributed by atoms with E-state index in [2.05, 4.69) is 192 Å². The molecule has 0 spiro atoms. The molecule has 0 bridgehead atoms. The van der Waals surface area contributed by atoms with Crippen LogP contribution in [0.15, 0.2) is 194 Å². The lowest BCUT2D eigenvalue weighted by molar-refractivity contribution is 1.15. The first-order chi connectivity index (χ1) is 28.7. The molecule has 0 saturated heterocycles. The van der Waals surface area contributed by atoms with Crippen molar-refractivity contribution in [1.29, 1.82) is 10.5 Å². The monoisotopic (exact) mass is 740 g/mol. The zero-order valence-electron chi connectivity index (χ0n) is 31.2. The van der Waals surface area contributed by atoms with Gasteiger partial charge in [0.1, 0.15) is 12.1 Å². The second-order valence-electron chi connectivity index (χ2n) is 14.0. The largest absolute Gasteiger partial charge is 0.311 e. The first kappa shape index (κ1) is 34.2. The Morgan fingerprint density at radius 2 is 0.586 bits per heavy atom. The summed E-state index contributed by atoms with van der Waals surface area (Å²) >= 11 is 0. The summed E-state index contributed by atoms with van der Waals surface area (Å²) in [7, 11) is 0. The number of rotatable bonds is 8. The zero-order chi connectivity index (χ0) is 39.0. The van der Waals surface area contributed by atoms with Crippen LogP contribution in [0.5, 0.6) is 0 Å². The van der Waals surface area contributed by atoms with E-state index in [1.807, 2.05) is 24.3 Å². The molecule has 0 fully saturated rings. The van der Waals surface area contributed by atoms with Crippen LogP contribution in [-0.4, -0.2) is 9.97 Å². The Labute approximate surface area is 336 Å². The van der Waals surface area contributed by atoms with Crippen LogP contribution < -0.4 is 9.80 Å². The zero-order valence-corrected chi connectivity index (χ0v) is 31.2. The molecule has 0 amide bonds. The molecule has 0 unspecified atom stereocenters. The first-order valence-electron chi connectivity index (χ1n) is 19.0. The predicted molar refractivity (Wildman–Crippen MR) is 234 cm³/mol. The van der Waals surface area contributed by atoms with Crippen LogP contribution in [0.3, 0.4) is 0 Å². The maximum Gasteiger partial charge on any atom is 0.177 e. The Morgan fingerprint density at radius 1 is 0.310 bits per heavy atom. The average Bonchev–Trinajstić information content (AvgIpc) is 3.61. The van der Waals surface area contributed by atoms with Crippen LogP contribution in [0.25, 0.3) is 55.5 Å². The summed E-state index contributed by atoms with van der Waals surface area (Å²) in [5.41, 5.74) is 13.7. The third-order valence-electron chi connectivity index (χ3n) is 10.7. The van der Waals surface area contributed by atoms with Gasteiger partial charge in [-0.2, -0.15) is 10.5 Å². The quantitative estimate of drug-likeness (QED) is 0.154. The number of nitriles is 2.